The van der Waals surface area contributed by atoms with Crippen molar-refractivity contribution < 1.29 is 14.6 Å². The molecule has 72 valence electrons. The molecule has 0 aromatic carbocycles. The molecule has 1 atom stereocenters. The van der Waals surface area contributed by atoms with E-state index < -0.39 is 6.04 Å². The normalized spacial score (nSPS) is 12.5. The molecular formula is C7H10N2O3S. The zero-order valence-electron chi connectivity index (χ0n) is 6.84. The number of nitrogens with two attached hydrogens (primary N) is 1. The summed E-state index contributed by atoms with van der Waals surface area (Å²) in [5, 5.41) is 8.86. The largest absolute Gasteiger partial charge is 0.466 e. The average Bonchev–Trinajstić information content (AvgIpc) is 2.61. The SMILES string of the molecule is NC(COC=O)c1scnc1CO. The molecule has 0 fully saturated rings. The number of carbonyl (C=O) groups excluding carboxylic acids is 1. The van der Waals surface area contributed by atoms with E-state index in [1.807, 2.05) is 0 Å². The molecule has 0 saturated carbocycles. The van der Waals surface area contributed by atoms with Gasteiger partial charge in [-0.3, -0.25) is 4.79 Å². The average molecular weight is 202 g/mol. The number of nitrogens with zero attached hydrogens (tertiary/aromatic N) is 1. The van der Waals surface area contributed by atoms with E-state index in [1.54, 1.807) is 5.51 Å². The fourth-order valence-corrected chi connectivity index (χ4v) is 1.71. The first kappa shape index (κ1) is 10.1. The molecule has 0 aliphatic carbocycles. The van der Waals surface area contributed by atoms with Crippen LogP contribution in [0.25, 0.3) is 0 Å². The fraction of sp³-hybridized carbons (Fsp3) is 0.429. The topological polar surface area (TPSA) is 85.4 Å². The highest BCUT2D eigenvalue weighted by Crippen LogP contribution is 2.20. The third kappa shape index (κ3) is 2.48. The third-order valence-electron chi connectivity index (χ3n) is 1.50. The van der Waals surface area contributed by atoms with Gasteiger partial charge in [0.2, 0.25) is 0 Å². The van der Waals surface area contributed by atoms with Crippen LogP contribution in [0.5, 0.6) is 0 Å². The summed E-state index contributed by atoms with van der Waals surface area (Å²) in [6.45, 7) is 0.311. The molecule has 3 N–H and O–H groups in total. The van der Waals surface area contributed by atoms with Crippen LogP contribution in [-0.4, -0.2) is 23.2 Å². The zero-order chi connectivity index (χ0) is 9.68. The van der Waals surface area contributed by atoms with Gasteiger partial charge in [-0.05, 0) is 0 Å². The number of aliphatic hydroxyl groups excluding tert-OH is 1. The van der Waals surface area contributed by atoms with E-state index in [2.05, 4.69) is 9.72 Å². The van der Waals surface area contributed by atoms with Crippen LogP contribution in [0.4, 0.5) is 0 Å². The van der Waals surface area contributed by atoms with Crippen LogP contribution in [0, 0.1) is 0 Å². The number of thiazole rings is 1. The van der Waals surface area contributed by atoms with Crippen LogP contribution in [0.1, 0.15) is 16.6 Å². The summed E-state index contributed by atoms with van der Waals surface area (Å²) in [7, 11) is 0. The fourth-order valence-electron chi connectivity index (χ4n) is 0.917. The molecular weight excluding hydrogens is 192 g/mol. The number of ether oxygens (including phenoxy) is 1. The van der Waals surface area contributed by atoms with E-state index >= 15 is 0 Å². The minimum Gasteiger partial charge on any atom is -0.466 e. The standard InChI is InChI=1S/C7H10N2O3S/c8-5(2-12-4-11)7-6(1-10)9-3-13-7/h3-5,10H,1-2,8H2. The Kier molecular flexibility index (Phi) is 3.81. The van der Waals surface area contributed by atoms with Gasteiger partial charge in [0.1, 0.15) is 6.61 Å². The van der Waals surface area contributed by atoms with Crippen molar-refractivity contribution in [1.29, 1.82) is 0 Å². The molecule has 1 heterocycles. The van der Waals surface area contributed by atoms with Crippen LogP contribution in [0.3, 0.4) is 0 Å². The van der Waals surface area contributed by atoms with Gasteiger partial charge in [0.15, 0.2) is 0 Å². The van der Waals surface area contributed by atoms with Gasteiger partial charge in [0.25, 0.3) is 6.47 Å². The molecule has 5 nitrogen and oxygen atoms in total. The highest BCUT2D eigenvalue weighted by Gasteiger charge is 2.13. The van der Waals surface area contributed by atoms with Crippen molar-refractivity contribution in [3.8, 4) is 0 Å². The van der Waals surface area contributed by atoms with E-state index in [-0.39, 0.29) is 13.2 Å². The smallest absolute Gasteiger partial charge is 0.293 e. The van der Waals surface area contributed by atoms with Gasteiger partial charge >= 0.3 is 0 Å². The van der Waals surface area contributed by atoms with E-state index in [4.69, 9.17) is 10.8 Å². The Morgan fingerprint density at radius 1 is 1.85 bits per heavy atom. The molecule has 1 rings (SSSR count). The second kappa shape index (κ2) is 4.90. The molecule has 13 heavy (non-hydrogen) atoms. The van der Waals surface area contributed by atoms with Crippen molar-refractivity contribution in [3.63, 3.8) is 0 Å². The van der Waals surface area contributed by atoms with Crippen molar-refractivity contribution in [2.75, 3.05) is 6.61 Å². The summed E-state index contributed by atoms with van der Waals surface area (Å²) >= 11 is 1.34. The van der Waals surface area contributed by atoms with Gasteiger partial charge in [0, 0.05) is 0 Å². The van der Waals surface area contributed by atoms with Gasteiger partial charge < -0.3 is 15.6 Å². The molecule has 0 bridgehead atoms. The lowest BCUT2D eigenvalue weighted by Gasteiger charge is -2.08. The Bertz CT molecular complexity index is 276. The molecule has 0 radical (unpaired) electrons. The maximum atomic E-state index is 9.89. The van der Waals surface area contributed by atoms with E-state index in [0.29, 0.717) is 12.2 Å². The van der Waals surface area contributed by atoms with Crippen molar-refractivity contribution in [3.05, 3.63) is 16.1 Å². The number of aliphatic hydroxyl groups is 1. The Labute approximate surface area is 79.2 Å². The van der Waals surface area contributed by atoms with Crippen molar-refractivity contribution >= 4 is 17.8 Å². The second-order valence-electron chi connectivity index (χ2n) is 2.36. The monoisotopic (exact) mass is 202 g/mol. The lowest BCUT2D eigenvalue weighted by molar-refractivity contribution is -0.129. The predicted molar refractivity (Wildman–Crippen MR) is 47.0 cm³/mol. The summed E-state index contributed by atoms with van der Waals surface area (Å²) in [4.78, 5) is 14.6. The minimum atomic E-state index is -0.403. The molecule has 0 amide bonds. The number of carbonyl (C=O) groups is 1. The molecule has 0 saturated heterocycles. The van der Waals surface area contributed by atoms with Crippen LogP contribution in [0.15, 0.2) is 5.51 Å². The quantitative estimate of drug-likeness (QED) is 0.646. The lowest BCUT2D eigenvalue weighted by atomic mass is 10.2. The first-order valence-electron chi connectivity index (χ1n) is 3.63. The van der Waals surface area contributed by atoms with E-state index in [1.165, 1.54) is 11.3 Å². The number of hydrogen-bond donors (Lipinski definition) is 2. The Hall–Kier alpha value is -0.980. The first-order valence-corrected chi connectivity index (χ1v) is 4.51. The maximum absolute atomic E-state index is 9.89. The van der Waals surface area contributed by atoms with Crippen molar-refractivity contribution in [1.82, 2.24) is 4.98 Å². The van der Waals surface area contributed by atoms with E-state index in [9.17, 15) is 4.79 Å². The van der Waals surface area contributed by atoms with Crippen molar-refractivity contribution in [2.24, 2.45) is 5.73 Å². The van der Waals surface area contributed by atoms with Gasteiger partial charge in [-0.2, -0.15) is 0 Å². The van der Waals surface area contributed by atoms with Gasteiger partial charge in [-0.25, -0.2) is 4.98 Å². The molecule has 1 unspecified atom stereocenters. The number of aromatic nitrogens is 1. The van der Waals surface area contributed by atoms with Crippen LogP contribution < -0.4 is 5.73 Å². The summed E-state index contributed by atoms with van der Waals surface area (Å²) in [5.41, 5.74) is 7.82. The summed E-state index contributed by atoms with van der Waals surface area (Å²) in [6.07, 6.45) is 0. The molecule has 1 aromatic heterocycles. The Balaban J connectivity index is 2.63. The van der Waals surface area contributed by atoms with Crippen LogP contribution in [0.2, 0.25) is 0 Å². The predicted octanol–water partition coefficient (Wildman–Crippen LogP) is -0.192. The number of rotatable bonds is 5. The molecule has 1 aromatic rings. The second-order valence-corrected chi connectivity index (χ2v) is 3.24. The Morgan fingerprint density at radius 2 is 2.62 bits per heavy atom. The molecule has 0 spiro atoms. The van der Waals surface area contributed by atoms with Crippen LogP contribution >= 0.6 is 11.3 Å². The van der Waals surface area contributed by atoms with Crippen molar-refractivity contribution in [2.45, 2.75) is 12.6 Å². The summed E-state index contributed by atoms with van der Waals surface area (Å²) in [6, 6.07) is -0.403. The molecule has 0 aliphatic rings. The summed E-state index contributed by atoms with van der Waals surface area (Å²) in [5.74, 6) is 0. The van der Waals surface area contributed by atoms with Crippen LogP contribution in [-0.2, 0) is 16.1 Å². The third-order valence-corrected chi connectivity index (χ3v) is 2.51. The molecule has 0 aliphatic heterocycles. The Morgan fingerprint density at radius 3 is 3.23 bits per heavy atom. The highest BCUT2D eigenvalue weighted by atomic mass is 32.1. The van der Waals surface area contributed by atoms with E-state index in [0.717, 1.165) is 4.88 Å². The van der Waals surface area contributed by atoms with Gasteiger partial charge in [0.05, 0.1) is 28.7 Å². The number of hydrogen-bond acceptors (Lipinski definition) is 6. The maximum Gasteiger partial charge on any atom is 0.293 e. The van der Waals surface area contributed by atoms with Gasteiger partial charge in [-0.1, -0.05) is 0 Å². The first-order chi connectivity index (χ1) is 6.29. The molecule has 6 heteroatoms. The zero-order valence-corrected chi connectivity index (χ0v) is 7.66. The van der Waals surface area contributed by atoms with Gasteiger partial charge in [-0.15, -0.1) is 11.3 Å². The minimum absolute atomic E-state index is 0.110. The summed E-state index contributed by atoms with van der Waals surface area (Å²) < 4.78 is 4.51. The lowest BCUT2D eigenvalue weighted by Crippen LogP contribution is -2.17. The highest BCUT2D eigenvalue weighted by molar-refractivity contribution is 7.09.